The van der Waals surface area contributed by atoms with Crippen LogP contribution in [0, 0.1) is 0 Å². The topological polar surface area (TPSA) is 41.5 Å². The molecule has 3 heterocycles. The Hall–Kier alpha value is -1.98. The third-order valence-electron chi connectivity index (χ3n) is 4.97. The zero-order valence-corrected chi connectivity index (χ0v) is 14.0. The Labute approximate surface area is 143 Å². The minimum absolute atomic E-state index is 0.436. The van der Waals surface area contributed by atoms with E-state index in [2.05, 4.69) is 56.2 Å². The Morgan fingerprint density at radius 1 is 1.04 bits per heavy atom. The van der Waals surface area contributed by atoms with Gasteiger partial charge in [-0.25, -0.2) is 9.97 Å². The van der Waals surface area contributed by atoms with E-state index in [0.717, 1.165) is 63.9 Å². The minimum atomic E-state index is 0.436. The van der Waals surface area contributed by atoms with Gasteiger partial charge in [-0.2, -0.15) is 0 Å². The maximum atomic E-state index is 5.49. The van der Waals surface area contributed by atoms with E-state index in [1.807, 2.05) is 0 Å². The SMILES string of the molecule is c1ccc(CN2CCN(c3cc(C4CCOC4)ncn3)CC2)cc1. The van der Waals surface area contributed by atoms with E-state index in [9.17, 15) is 0 Å². The van der Waals surface area contributed by atoms with Crippen molar-refractivity contribution in [3.63, 3.8) is 0 Å². The second-order valence-electron chi connectivity index (χ2n) is 6.61. The van der Waals surface area contributed by atoms with Gasteiger partial charge in [0.1, 0.15) is 12.1 Å². The molecule has 5 heteroatoms. The molecule has 0 radical (unpaired) electrons. The predicted molar refractivity (Wildman–Crippen MR) is 94.1 cm³/mol. The van der Waals surface area contributed by atoms with E-state index >= 15 is 0 Å². The maximum Gasteiger partial charge on any atom is 0.132 e. The van der Waals surface area contributed by atoms with Crippen molar-refractivity contribution in [2.75, 3.05) is 44.3 Å². The number of hydrogen-bond acceptors (Lipinski definition) is 5. The quantitative estimate of drug-likeness (QED) is 0.863. The molecule has 0 bridgehead atoms. The van der Waals surface area contributed by atoms with E-state index in [-0.39, 0.29) is 0 Å². The monoisotopic (exact) mass is 324 g/mol. The van der Waals surface area contributed by atoms with Crippen molar-refractivity contribution >= 4 is 5.82 Å². The molecule has 2 saturated heterocycles. The minimum Gasteiger partial charge on any atom is -0.381 e. The van der Waals surface area contributed by atoms with Gasteiger partial charge in [0.2, 0.25) is 0 Å². The molecule has 1 atom stereocenters. The number of ether oxygens (including phenoxy) is 1. The zero-order valence-electron chi connectivity index (χ0n) is 14.0. The predicted octanol–water partition coefficient (Wildman–Crippen LogP) is 2.30. The lowest BCUT2D eigenvalue weighted by Gasteiger charge is -2.35. The van der Waals surface area contributed by atoms with Crippen LogP contribution in [0.4, 0.5) is 5.82 Å². The van der Waals surface area contributed by atoms with Gasteiger partial charge in [-0.05, 0) is 12.0 Å². The molecule has 126 valence electrons. The van der Waals surface area contributed by atoms with Crippen molar-refractivity contribution < 1.29 is 4.74 Å². The van der Waals surface area contributed by atoms with Crippen LogP contribution < -0.4 is 4.90 Å². The first-order valence-corrected chi connectivity index (χ1v) is 8.79. The van der Waals surface area contributed by atoms with Gasteiger partial charge in [-0.1, -0.05) is 30.3 Å². The molecule has 2 aliphatic heterocycles. The van der Waals surface area contributed by atoms with E-state index in [1.54, 1.807) is 6.33 Å². The van der Waals surface area contributed by atoms with Gasteiger partial charge in [0, 0.05) is 51.3 Å². The van der Waals surface area contributed by atoms with E-state index in [4.69, 9.17) is 4.74 Å². The Morgan fingerprint density at radius 2 is 1.88 bits per heavy atom. The van der Waals surface area contributed by atoms with Crippen molar-refractivity contribution in [3.8, 4) is 0 Å². The molecule has 1 unspecified atom stereocenters. The lowest BCUT2D eigenvalue weighted by molar-refractivity contribution is 0.193. The molecule has 4 rings (SSSR count). The van der Waals surface area contributed by atoms with Crippen LogP contribution in [0.3, 0.4) is 0 Å². The summed E-state index contributed by atoms with van der Waals surface area (Å²) in [5.74, 6) is 1.50. The Bertz CT molecular complexity index is 649. The van der Waals surface area contributed by atoms with Crippen LogP contribution in [-0.2, 0) is 11.3 Å². The summed E-state index contributed by atoms with van der Waals surface area (Å²) in [6, 6.07) is 12.9. The zero-order chi connectivity index (χ0) is 16.2. The van der Waals surface area contributed by atoms with Gasteiger partial charge >= 0.3 is 0 Å². The highest BCUT2D eigenvalue weighted by Gasteiger charge is 2.22. The summed E-state index contributed by atoms with van der Waals surface area (Å²) in [5.41, 5.74) is 2.51. The molecule has 0 saturated carbocycles. The van der Waals surface area contributed by atoms with E-state index in [0.29, 0.717) is 5.92 Å². The third-order valence-corrected chi connectivity index (χ3v) is 4.97. The van der Waals surface area contributed by atoms with Crippen molar-refractivity contribution in [3.05, 3.63) is 54.0 Å². The van der Waals surface area contributed by atoms with Gasteiger partial charge < -0.3 is 9.64 Å². The highest BCUT2D eigenvalue weighted by atomic mass is 16.5. The molecule has 0 amide bonds. The molecule has 2 fully saturated rings. The largest absolute Gasteiger partial charge is 0.381 e. The van der Waals surface area contributed by atoms with E-state index < -0.39 is 0 Å². The van der Waals surface area contributed by atoms with Crippen LogP contribution in [-0.4, -0.2) is 54.3 Å². The fourth-order valence-corrected chi connectivity index (χ4v) is 3.50. The first-order chi connectivity index (χ1) is 11.9. The number of hydrogen-bond donors (Lipinski definition) is 0. The van der Waals surface area contributed by atoms with Gasteiger partial charge in [0.05, 0.1) is 12.3 Å². The molecular weight excluding hydrogens is 300 g/mol. The van der Waals surface area contributed by atoms with Crippen molar-refractivity contribution in [1.82, 2.24) is 14.9 Å². The second-order valence-corrected chi connectivity index (χ2v) is 6.61. The van der Waals surface area contributed by atoms with Crippen molar-refractivity contribution in [2.24, 2.45) is 0 Å². The molecule has 2 aliphatic rings. The summed E-state index contributed by atoms with van der Waals surface area (Å²) >= 11 is 0. The molecule has 1 aromatic heterocycles. The molecule has 0 aliphatic carbocycles. The van der Waals surface area contributed by atoms with Gasteiger partial charge in [0.25, 0.3) is 0 Å². The van der Waals surface area contributed by atoms with Crippen LogP contribution in [0.1, 0.15) is 23.6 Å². The maximum absolute atomic E-state index is 5.49. The molecule has 0 N–H and O–H groups in total. The summed E-state index contributed by atoms with van der Waals surface area (Å²) in [7, 11) is 0. The highest BCUT2D eigenvalue weighted by molar-refractivity contribution is 5.40. The fourth-order valence-electron chi connectivity index (χ4n) is 3.50. The number of aromatic nitrogens is 2. The number of rotatable bonds is 4. The average Bonchev–Trinajstić information content (AvgIpc) is 3.18. The molecular formula is C19H24N4O. The number of benzene rings is 1. The van der Waals surface area contributed by atoms with Crippen LogP contribution in [0.5, 0.6) is 0 Å². The summed E-state index contributed by atoms with van der Waals surface area (Å²) < 4.78 is 5.49. The van der Waals surface area contributed by atoms with Gasteiger partial charge in [0.15, 0.2) is 0 Å². The number of nitrogens with zero attached hydrogens (tertiary/aromatic N) is 4. The molecule has 24 heavy (non-hydrogen) atoms. The first-order valence-electron chi connectivity index (χ1n) is 8.79. The highest BCUT2D eigenvalue weighted by Crippen LogP contribution is 2.25. The summed E-state index contributed by atoms with van der Waals surface area (Å²) in [6.07, 6.45) is 2.78. The molecule has 2 aromatic rings. The molecule has 0 spiro atoms. The van der Waals surface area contributed by atoms with Gasteiger partial charge in [-0.15, -0.1) is 0 Å². The first kappa shape index (κ1) is 15.5. The third kappa shape index (κ3) is 3.57. The van der Waals surface area contributed by atoms with E-state index in [1.165, 1.54) is 5.56 Å². The lowest BCUT2D eigenvalue weighted by atomic mass is 10.0. The number of piperazine rings is 1. The Morgan fingerprint density at radius 3 is 2.62 bits per heavy atom. The van der Waals surface area contributed by atoms with Crippen molar-refractivity contribution in [1.29, 1.82) is 0 Å². The van der Waals surface area contributed by atoms with Gasteiger partial charge in [-0.3, -0.25) is 4.90 Å². The second kappa shape index (κ2) is 7.28. The fraction of sp³-hybridized carbons (Fsp3) is 0.474. The number of anilines is 1. The molecule has 5 nitrogen and oxygen atoms in total. The summed E-state index contributed by atoms with van der Waals surface area (Å²) in [5, 5.41) is 0. The Kier molecular flexibility index (Phi) is 4.71. The normalized spacial score (nSPS) is 22.0. The Balaban J connectivity index is 1.36. The average molecular weight is 324 g/mol. The standard InChI is InChI=1S/C19H24N4O/c1-2-4-16(5-3-1)13-22-7-9-23(10-8-22)19-12-18(20-15-21-19)17-6-11-24-14-17/h1-5,12,15,17H,6-11,13-14H2. The van der Waals surface area contributed by atoms with Crippen LogP contribution >= 0.6 is 0 Å². The van der Waals surface area contributed by atoms with Crippen LogP contribution in [0.2, 0.25) is 0 Å². The molecule has 1 aromatic carbocycles. The van der Waals surface area contributed by atoms with Crippen molar-refractivity contribution in [2.45, 2.75) is 18.9 Å². The van der Waals surface area contributed by atoms with Crippen LogP contribution in [0.25, 0.3) is 0 Å². The smallest absolute Gasteiger partial charge is 0.132 e. The lowest BCUT2D eigenvalue weighted by Crippen LogP contribution is -2.46. The summed E-state index contributed by atoms with van der Waals surface area (Å²) in [4.78, 5) is 13.8. The summed E-state index contributed by atoms with van der Waals surface area (Å²) in [6.45, 7) is 6.85. The van der Waals surface area contributed by atoms with Crippen LogP contribution in [0.15, 0.2) is 42.7 Å².